The molecule has 11 heteroatoms. The van der Waals surface area contributed by atoms with Gasteiger partial charge in [0.05, 0.1) is 35.7 Å². The molecule has 2 aromatic carbocycles. The predicted octanol–water partition coefficient (Wildman–Crippen LogP) is 2.76. The molecule has 2 unspecified atom stereocenters. The summed E-state index contributed by atoms with van der Waals surface area (Å²) in [5.41, 5.74) is 3.35. The molecule has 7 atom stereocenters. The highest BCUT2D eigenvalue weighted by atomic mass is 32.2. The van der Waals surface area contributed by atoms with Crippen LogP contribution in [0.4, 0.5) is 0 Å². The molecule has 2 aromatic rings. The lowest BCUT2D eigenvalue weighted by atomic mass is 9.83. The van der Waals surface area contributed by atoms with Gasteiger partial charge in [0.2, 0.25) is 5.91 Å². The lowest BCUT2D eigenvalue weighted by Crippen LogP contribution is -2.64. The number of Topliss-reactive ketones (excluding diaryl/α,β-unsaturated/α-hetero) is 2. The van der Waals surface area contributed by atoms with Gasteiger partial charge >= 0.3 is 5.97 Å². The van der Waals surface area contributed by atoms with E-state index in [4.69, 9.17) is 0 Å². The summed E-state index contributed by atoms with van der Waals surface area (Å²) in [6.45, 7) is 4.97. The molecule has 1 fully saturated rings. The minimum atomic E-state index is -1.35. The van der Waals surface area contributed by atoms with E-state index in [2.05, 4.69) is 27.3 Å². The first kappa shape index (κ1) is 34.3. The van der Waals surface area contributed by atoms with E-state index in [1.165, 1.54) is 11.8 Å². The Bertz CT molecular complexity index is 1410. The molecule has 0 bridgehead atoms. The van der Waals surface area contributed by atoms with E-state index < -0.39 is 42.1 Å². The van der Waals surface area contributed by atoms with E-state index in [-0.39, 0.29) is 35.6 Å². The number of rotatable bonds is 16. The second kappa shape index (κ2) is 16.1. The number of hydrogen-bond acceptors (Lipinski definition) is 9. The molecule has 1 amide bonds. The number of thioether (sulfide) groups is 1. The van der Waals surface area contributed by atoms with Crippen LogP contribution in [0.3, 0.4) is 0 Å². The molecule has 2 aliphatic rings. The van der Waals surface area contributed by atoms with Crippen LogP contribution >= 0.6 is 11.8 Å². The van der Waals surface area contributed by atoms with E-state index in [9.17, 15) is 29.5 Å². The monoisotopic (exact) mass is 633 g/mol. The molecule has 1 saturated heterocycles. The molecule has 2 heterocycles. The van der Waals surface area contributed by atoms with Gasteiger partial charge in [-0.05, 0) is 53.8 Å². The van der Waals surface area contributed by atoms with Crippen LogP contribution in [0.25, 0.3) is 0 Å². The average Bonchev–Trinajstić information content (AvgIpc) is 3.50. The third-order valence-electron chi connectivity index (χ3n) is 9.02. The summed E-state index contributed by atoms with van der Waals surface area (Å²) in [5.74, 6) is -2.73. The van der Waals surface area contributed by atoms with E-state index in [1.807, 2.05) is 56.5 Å². The zero-order valence-corrected chi connectivity index (χ0v) is 26.9. The van der Waals surface area contributed by atoms with E-state index in [0.29, 0.717) is 31.5 Å². The minimum absolute atomic E-state index is 0.0713. The van der Waals surface area contributed by atoms with Gasteiger partial charge in [0.25, 0.3) is 0 Å². The number of carboxylic acids is 1. The number of nitrogens with one attached hydrogen (secondary N) is 4. The number of hydrogen-bond donors (Lipinski definition) is 5. The summed E-state index contributed by atoms with van der Waals surface area (Å²) >= 11 is 1.39. The third-order valence-corrected chi connectivity index (χ3v) is 9.71. The van der Waals surface area contributed by atoms with Crippen LogP contribution in [0.5, 0.6) is 0 Å². The Morgan fingerprint density at radius 3 is 2.44 bits per heavy atom. The molecule has 0 aromatic heterocycles. The molecule has 0 saturated carbocycles. The number of amides is 1. The maximum absolute atomic E-state index is 14.2. The highest BCUT2D eigenvalue weighted by Gasteiger charge is 2.44. The maximum Gasteiger partial charge on any atom is 0.321 e. The van der Waals surface area contributed by atoms with Crippen molar-refractivity contribution in [3.05, 3.63) is 70.8 Å². The Balaban J connectivity index is 1.68. The Morgan fingerprint density at radius 2 is 1.82 bits per heavy atom. The number of benzene rings is 2. The molecule has 10 nitrogen and oxygen atoms in total. The van der Waals surface area contributed by atoms with Gasteiger partial charge in [0.15, 0.2) is 11.6 Å². The molecular weight excluding hydrogens is 590 g/mol. The van der Waals surface area contributed by atoms with Crippen molar-refractivity contribution in [2.75, 3.05) is 18.6 Å². The van der Waals surface area contributed by atoms with Crippen LogP contribution in [0.2, 0.25) is 0 Å². The molecule has 0 radical (unpaired) electrons. The van der Waals surface area contributed by atoms with Gasteiger partial charge < -0.3 is 21.1 Å². The molecule has 5 N–H and O–H groups in total. The molecule has 4 rings (SSSR count). The number of carbonyl (C=O) groups is 4. The second-order valence-corrected chi connectivity index (χ2v) is 12.8. The van der Waals surface area contributed by atoms with Gasteiger partial charge in [-0.15, -0.1) is 0 Å². The zero-order valence-electron chi connectivity index (χ0n) is 26.0. The average molecular weight is 634 g/mol. The quantitative estimate of drug-likeness (QED) is 0.186. The molecule has 240 valence electrons. The summed E-state index contributed by atoms with van der Waals surface area (Å²) in [7, 11) is 0. The number of carbonyl (C=O) groups excluding carboxylic acids is 3. The Morgan fingerprint density at radius 1 is 1.09 bits per heavy atom. The summed E-state index contributed by atoms with van der Waals surface area (Å²) < 4.78 is 0. The lowest BCUT2D eigenvalue weighted by Gasteiger charge is -2.37. The van der Waals surface area contributed by atoms with Crippen LogP contribution < -0.4 is 21.3 Å². The Kier molecular flexibility index (Phi) is 12.3. The summed E-state index contributed by atoms with van der Waals surface area (Å²) in [5, 5.41) is 32.5. The third kappa shape index (κ3) is 8.38. The van der Waals surface area contributed by atoms with Gasteiger partial charge in [-0.25, -0.2) is 0 Å². The molecule has 0 spiro atoms. The van der Waals surface area contributed by atoms with Gasteiger partial charge in [0.1, 0.15) is 6.04 Å². The number of fused-ring (bicyclic) bond motifs is 1. The van der Waals surface area contributed by atoms with E-state index in [1.54, 1.807) is 12.1 Å². The number of carboxylic acid groups (broad SMARTS) is 1. The van der Waals surface area contributed by atoms with Gasteiger partial charge in [0, 0.05) is 31.3 Å². The number of nitrogens with zero attached hydrogens (tertiary/aromatic N) is 1. The van der Waals surface area contributed by atoms with Crippen molar-refractivity contribution in [3.8, 4) is 6.07 Å². The topological polar surface area (TPSA) is 160 Å². The second-order valence-electron chi connectivity index (χ2n) is 11.9. The molecule has 45 heavy (non-hydrogen) atoms. The SMILES string of the molecule is CC[C@H](C)[C@H](NCc1ccc(C#N)cc1)C(N[C@H](C(=O)O)[C@H](CSC)C(=O)C1NCCc2ccccc21)C(=O)[C@@H]1CCC(=O)N1. The zero-order chi connectivity index (χ0) is 32.5. The standard InChI is InChI=1S/C34H43N5O5S/c1-4-20(2)28(37-18-22-11-9-21(17-35)10-12-22)31(33(42)26-13-14-27(40)38-26)39-30(34(43)44)25(19-45-3)32(41)29-24-8-6-5-7-23(24)15-16-36-29/h5-12,20,25-26,28-31,36-37,39H,4,13-16,18-19H2,1-3H3,(H,38,40)(H,43,44)/t20-,25-,26-,28-,29?,30-,31?/m0/s1. The first-order valence-electron chi connectivity index (χ1n) is 15.6. The number of ketones is 2. The van der Waals surface area contributed by atoms with Crippen molar-refractivity contribution in [1.29, 1.82) is 5.26 Å². The van der Waals surface area contributed by atoms with Crippen LogP contribution in [0.1, 0.15) is 61.4 Å². The molecule has 0 aliphatic carbocycles. The van der Waals surface area contributed by atoms with E-state index >= 15 is 0 Å². The normalized spacial score (nSPS) is 21.0. The van der Waals surface area contributed by atoms with Crippen molar-refractivity contribution in [1.82, 2.24) is 21.3 Å². The van der Waals surface area contributed by atoms with Gasteiger partial charge in [-0.1, -0.05) is 56.7 Å². The first-order chi connectivity index (χ1) is 21.7. The molecular formula is C34H43N5O5S. The van der Waals surface area contributed by atoms with Crippen molar-refractivity contribution in [3.63, 3.8) is 0 Å². The fraction of sp³-hybridized carbons (Fsp3) is 0.500. The number of nitriles is 1. The van der Waals surface area contributed by atoms with E-state index in [0.717, 1.165) is 23.1 Å². The summed E-state index contributed by atoms with van der Waals surface area (Å²) in [4.78, 5) is 53.5. The maximum atomic E-state index is 14.2. The minimum Gasteiger partial charge on any atom is -0.480 e. The van der Waals surface area contributed by atoms with Crippen molar-refractivity contribution < 1.29 is 24.3 Å². The largest absolute Gasteiger partial charge is 0.480 e. The predicted molar refractivity (Wildman–Crippen MR) is 174 cm³/mol. The smallest absolute Gasteiger partial charge is 0.321 e. The fourth-order valence-corrected chi connectivity index (χ4v) is 7.00. The summed E-state index contributed by atoms with van der Waals surface area (Å²) in [6.07, 6.45) is 3.85. The first-order valence-corrected chi connectivity index (χ1v) is 17.0. The van der Waals surface area contributed by atoms with Crippen LogP contribution in [-0.2, 0) is 32.1 Å². The lowest BCUT2D eigenvalue weighted by molar-refractivity contribution is -0.144. The fourth-order valence-electron chi connectivity index (χ4n) is 6.29. The Labute approximate surface area is 269 Å². The van der Waals surface area contributed by atoms with Crippen LogP contribution in [0, 0.1) is 23.2 Å². The van der Waals surface area contributed by atoms with Crippen LogP contribution in [0.15, 0.2) is 48.5 Å². The van der Waals surface area contributed by atoms with Crippen molar-refractivity contribution in [2.45, 2.75) is 76.3 Å². The highest BCUT2D eigenvalue weighted by molar-refractivity contribution is 7.98. The molecule has 2 aliphatic heterocycles. The highest BCUT2D eigenvalue weighted by Crippen LogP contribution is 2.29. The summed E-state index contributed by atoms with van der Waals surface area (Å²) in [6, 6.07) is 12.7. The van der Waals surface area contributed by atoms with Gasteiger partial charge in [-0.3, -0.25) is 24.5 Å². The Hall–Kier alpha value is -3.56. The van der Waals surface area contributed by atoms with Crippen molar-refractivity contribution >= 4 is 35.2 Å². The van der Waals surface area contributed by atoms with Gasteiger partial charge in [-0.2, -0.15) is 17.0 Å². The number of aliphatic carboxylic acids is 1. The van der Waals surface area contributed by atoms with Crippen molar-refractivity contribution in [2.24, 2.45) is 11.8 Å². The van der Waals surface area contributed by atoms with Crippen LogP contribution in [-0.4, -0.2) is 71.3 Å².